The smallest absolute Gasteiger partial charge is 0.230 e. The zero-order valence-electron chi connectivity index (χ0n) is 11.9. The summed E-state index contributed by atoms with van der Waals surface area (Å²) >= 11 is 10.2. The normalized spacial score (nSPS) is 40.3. The third-order valence-corrected chi connectivity index (χ3v) is 6.54. The highest BCUT2D eigenvalue weighted by Crippen LogP contribution is 2.64. The van der Waals surface area contributed by atoms with E-state index < -0.39 is 0 Å². The molecule has 21 heavy (non-hydrogen) atoms. The van der Waals surface area contributed by atoms with Crippen molar-refractivity contribution in [3.63, 3.8) is 0 Å². The average Bonchev–Trinajstić information content (AvgIpc) is 2.38. The third-order valence-electron chi connectivity index (χ3n) is 5.57. The molecule has 2 atom stereocenters. The van der Waals surface area contributed by atoms with Crippen LogP contribution in [-0.4, -0.2) is 10.8 Å². The summed E-state index contributed by atoms with van der Waals surface area (Å²) in [6.45, 7) is 0. The van der Waals surface area contributed by atoms with E-state index in [2.05, 4.69) is 21.2 Å². The highest BCUT2D eigenvalue weighted by Gasteiger charge is 2.60. The predicted octanol–water partition coefficient (Wildman–Crippen LogP) is 4.97. The average molecular weight is 369 g/mol. The Balaban J connectivity index is 1.57. The van der Waals surface area contributed by atoms with Gasteiger partial charge in [0.1, 0.15) is 0 Å². The van der Waals surface area contributed by atoms with Crippen molar-refractivity contribution < 1.29 is 4.79 Å². The molecule has 112 valence electrons. The van der Waals surface area contributed by atoms with Crippen LogP contribution in [0.2, 0.25) is 0 Å². The van der Waals surface area contributed by atoms with Crippen molar-refractivity contribution in [2.24, 2.45) is 17.3 Å². The van der Waals surface area contributed by atoms with E-state index in [-0.39, 0.29) is 16.2 Å². The lowest BCUT2D eigenvalue weighted by molar-refractivity contribution is -0.138. The molecule has 0 saturated heterocycles. The molecule has 4 aliphatic rings. The molecule has 4 bridgehead atoms. The van der Waals surface area contributed by atoms with Gasteiger partial charge in [-0.3, -0.25) is 4.79 Å². The van der Waals surface area contributed by atoms with Crippen LogP contribution >= 0.6 is 27.5 Å². The largest absolute Gasteiger partial charge is 0.326 e. The first-order valence-electron chi connectivity index (χ1n) is 7.72. The summed E-state index contributed by atoms with van der Waals surface area (Å²) < 4.78 is 1.02. The monoisotopic (exact) mass is 367 g/mol. The Bertz CT molecular complexity index is 571. The van der Waals surface area contributed by atoms with Gasteiger partial charge in [0.2, 0.25) is 5.91 Å². The zero-order chi connectivity index (χ0) is 14.7. The lowest BCUT2D eigenvalue weighted by Gasteiger charge is -2.59. The van der Waals surface area contributed by atoms with Gasteiger partial charge in [0.15, 0.2) is 0 Å². The molecule has 0 unspecified atom stereocenters. The molecule has 0 aromatic heterocycles. The Morgan fingerprint density at radius 2 is 1.76 bits per heavy atom. The van der Waals surface area contributed by atoms with Gasteiger partial charge in [0.25, 0.3) is 0 Å². The third kappa shape index (κ3) is 2.43. The Hall–Kier alpha value is -0.540. The van der Waals surface area contributed by atoms with Crippen molar-refractivity contribution in [1.82, 2.24) is 0 Å². The molecule has 4 aliphatic carbocycles. The van der Waals surface area contributed by atoms with E-state index in [1.54, 1.807) is 0 Å². The van der Waals surface area contributed by atoms with Crippen LogP contribution in [0.15, 0.2) is 28.7 Å². The SMILES string of the molecule is O=C(Nc1ccc(Br)cc1)C12C[C@H]3C[C@@H](CC(Cl)(C3)C1)C2. The maximum atomic E-state index is 12.9. The van der Waals surface area contributed by atoms with Crippen molar-refractivity contribution in [3.05, 3.63) is 28.7 Å². The van der Waals surface area contributed by atoms with Gasteiger partial charge in [0.05, 0.1) is 5.41 Å². The Morgan fingerprint density at radius 3 is 2.33 bits per heavy atom. The Labute approximate surface area is 138 Å². The van der Waals surface area contributed by atoms with Crippen LogP contribution in [0.4, 0.5) is 5.69 Å². The highest BCUT2D eigenvalue weighted by atomic mass is 79.9. The standard InChI is InChI=1S/C17H19BrClNO/c18-13-1-3-14(4-2-13)20-15(21)16-6-11-5-12(7-16)9-17(19,8-11)10-16/h1-4,11-12H,5-10H2,(H,20,21)/t11-,12-,16?,17?/m1/s1. The van der Waals surface area contributed by atoms with Crippen LogP contribution < -0.4 is 5.32 Å². The van der Waals surface area contributed by atoms with E-state index in [9.17, 15) is 4.79 Å². The summed E-state index contributed by atoms with van der Waals surface area (Å²) in [5, 5.41) is 3.12. The lowest BCUT2D eigenvalue weighted by atomic mass is 9.49. The quantitative estimate of drug-likeness (QED) is 0.734. The van der Waals surface area contributed by atoms with Crippen LogP contribution in [0, 0.1) is 17.3 Å². The number of anilines is 1. The fraction of sp³-hybridized carbons (Fsp3) is 0.588. The number of alkyl halides is 1. The molecule has 1 aromatic rings. The van der Waals surface area contributed by atoms with Gasteiger partial charge in [-0.1, -0.05) is 15.9 Å². The highest BCUT2D eigenvalue weighted by molar-refractivity contribution is 9.10. The lowest BCUT2D eigenvalue weighted by Crippen LogP contribution is -2.57. The summed E-state index contributed by atoms with van der Waals surface area (Å²) in [5.41, 5.74) is 0.654. The molecule has 1 aromatic carbocycles. The zero-order valence-corrected chi connectivity index (χ0v) is 14.2. The number of nitrogens with one attached hydrogen (secondary N) is 1. The van der Waals surface area contributed by atoms with Gasteiger partial charge >= 0.3 is 0 Å². The van der Waals surface area contributed by atoms with E-state index in [1.165, 1.54) is 6.42 Å². The van der Waals surface area contributed by atoms with Crippen LogP contribution in [-0.2, 0) is 4.79 Å². The second-order valence-electron chi connectivity index (χ2n) is 7.35. The summed E-state index contributed by atoms with van der Waals surface area (Å²) in [6.07, 6.45) is 6.41. The van der Waals surface area contributed by atoms with Gasteiger partial charge in [-0.05, 0) is 74.6 Å². The molecular weight excluding hydrogens is 350 g/mol. The summed E-state index contributed by atoms with van der Waals surface area (Å²) in [7, 11) is 0. The number of halogens is 2. The number of amides is 1. The van der Waals surface area contributed by atoms with Crippen LogP contribution in [0.25, 0.3) is 0 Å². The molecule has 1 N–H and O–H groups in total. The van der Waals surface area contributed by atoms with Crippen LogP contribution in [0.3, 0.4) is 0 Å². The van der Waals surface area contributed by atoms with E-state index in [0.717, 1.165) is 42.3 Å². The number of hydrogen-bond donors (Lipinski definition) is 1. The van der Waals surface area contributed by atoms with Crippen molar-refractivity contribution in [2.75, 3.05) is 5.32 Å². The first-order chi connectivity index (χ1) is 9.96. The van der Waals surface area contributed by atoms with Gasteiger partial charge < -0.3 is 5.32 Å². The summed E-state index contributed by atoms with van der Waals surface area (Å²) in [5.74, 6) is 1.49. The first-order valence-corrected chi connectivity index (χ1v) is 8.90. The van der Waals surface area contributed by atoms with Gasteiger partial charge in [-0.2, -0.15) is 0 Å². The Morgan fingerprint density at radius 1 is 1.14 bits per heavy atom. The second kappa shape index (κ2) is 4.73. The minimum Gasteiger partial charge on any atom is -0.326 e. The summed E-state index contributed by atoms with van der Waals surface area (Å²) in [6, 6.07) is 7.80. The number of benzene rings is 1. The van der Waals surface area contributed by atoms with Crippen LogP contribution in [0.1, 0.15) is 38.5 Å². The molecule has 4 heteroatoms. The molecule has 1 amide bonds. The number of carbonyl (C=O) groups excluding carboxylic acids is 1. The maximum Gasteiger partial charge on any atom is 0.230 e. The first kappa shape index (κ1) is 14.1. The molecule has 0 spiro atoms. The molecule has 5 rings (SSSR count). The van der Waals surface area contributed by atoms with Crippen LogP contribution in [0.5, 0.6) is 0 Å². The predicted molar refractivity (Wildman–Crippen MR) is 88.5 cm³/mol. The fourth-order valence-corrected chi connectivity index (χ4v) is 6.17. The topological polar surface area (TPSA) is 29.1 Å². The Kier molecular flexibility index (Phi) is 3.17. The number of hydrogen-bond acceptors (Lipinski definition) is 1. The van der Waals surface area contributed by atoms with Gasteiger partial charge in [-0.25, -0.2) is 0 Å². The van der Waals surface area contributed by atoms with Gasteiger partial charge in [0, 0.05) is 15.0 Å². The number of rotatable bonds is 2. The van der Waals surface area contributed by atoms with E-state index >= 15 is 0 Å². The van der Waals surface area contributed by atoms with E-state index in [1.807, 2.05) is 24.3 Å². The summed E-state index contributed by atoms with van der Waals surface area (Å²) in [4.78, 5) is 12.8. The fourth-order valence-electron chi connectivity index (χ4n) is 5.21. The minimum absolute atomic E-state index is 0.110. The van der Waals surface area contributed by atoms with Crippen molar-refractivity contribution in [3.8, 4) is 0 Å². The number of carbonyl (C=O) groups is 1. The van der Waals surface area contributed by atoms with Crippen molar-refractivity contribution in [1.29, 1.82) is 0 Å². The molecular formula is C17H19BrClNO. The minimum atomic E-state index is -0.223. The molecule has 4 fully saturated rings. The maximum absolute atomic E-state index is 12.9. The second-order valence-corrected chi connectivity index (χ2v) is 9.07. The molecule has 2 nitrogen and oxygen atoms in total. The molecule has 0 heterocycles. The van der Waals surface area contributed by atoms with Gasteiger partial charge in [-0.15, -0.1) is 11.6 Å². The molecule has 0 radical (unpaired) electrons. The molecule has 0 aliphatic heterocycles. The molecule has 4 saturated carbocycles. The van der Waals surface area contributed by atoms with Crippen molar-refractivity contribution in [2.45, 2.75) is 43.4 Å². The van der Waals surface area contributed by atoms with Crippen molar-refractivity contribution >= 4 is 39.1 Å². The van der Waals surface area contributed by atoms with E-state index in [4.69, 9.17) is 11.6 Å². The van der Waals surface area contributed by atoms with E-state index in [0.29, 0.717) is 11.8 Å².